The zero-order valence-electron chi connectivity index (χ0n) is 35.5. The first-order chi connectivity index (χ1) is 30.6. The van der Waals surface area contributed by atoms with E-state index in [-0.39, 0.29) is 11.8 Å². The number of nitrogens with zero attached hydrogens (tertiary/aromatic N) is 3. The summed E-state index contributed by atoms with van der Waals surface area (Å²) in [6.45, 7) is 1.49. The summed E-state index contributed by atoms with van der Waals surface area (Å²) >= 11 is 0. The molecular weight excluding hydrogens is 803 g/mol. The number of hydrogen-bond donors (Lipinski definition) is 4. The topological polar surface area (TPSA) is 180 Å². The molecular formula is C48H53N7O8. The van der Waals surface area contributed by atoms with Crippen LogP contribution in [0.4, 0.5) is 21.0 Å². The summed E-state index contributed by atoms with van der Waals surface area (Å²) in [7, 11) is 2.48. The van der Waals surface area contributed by atoms with Gasteiger partial charge in [0.1, 0.15) is 24.2 Å². The van der Waals surface area contributed by atoms with Gasteiger partial charge in [0, 0.05) is 41.8 Å². The molecule has 8 rings (SSSR count). The van der Waals surface area contributed by atoms with Crippen molar-refractivity contribution in [3.63, 3.8) is 0 Å². The molecule has 15 heteroatoms. The first-order valence-corrected chi connectivity index (χ1v) is 21.7. The summed E-state index contributed by atoms with van der Waals surface area (Å²) in [5.74, 6) is -0.950. The Hall–Kier alpha value is -6.90. The number of rotatable bonds is 12. The molecule has 5 aromatic rings. The Labute approximate surface area is 365 Å². The second-order valence-corrected chi connectivity index (χ2v) is 16.5. The van der Waals surface area contributed by atoms with Crippen molar-refractivity contribution in [3.05, 3.63) is 108 Å². The third-order valence-electron chi connectivity index (χ3n) is 12.6. The molecule has 3 aliphatic rings. The van der Waals surface area contributed by atoms with Crippen LogP contribution in [0.1, 0.15) is 74.6 Å². The molecule has 4 N–H and O–H groups in total. The molecule has 0 unspecified atom stereocenters. The maximum atomic E-state index is 14.0. The van der Waals surface area contributed by atoms with Crippen LogP contribution in [0.2, 0.25) is 0 Å². The van der Waals surface area contributed by atoms with Gasteiger partial charge in [-0.15, -0.1) is 0 Å². The molecule has 1 saturated carbocycles. The lowest BCUT2D eigenvalue weighted by molar-refractivity contribution is -0.138. The van der Waals surface area contributed by atoms with Gasteiger partial charge in [0.15, 0.2) is 0 Å². The minimum Gasteiger partial charge on any atom is -0.453 e. The minimum atomic E-state index is -1.02. The fraction of sp³-hybridized carbons (Fsp3) is 0.375. The molecule has 1 aromatic heterocycles. The van der Waals surface area contributed by atoms with Crippen molar-refractivity contribution >= 4 is 69.0 Å². The summed E-state index contributed by atoms with van der Waals surface area (Å²) in [5, 5.41) is 13.5. The van der Waals surface area contributed by atoms with Crippen LogP contribution in [0.3, 0.4) is 0 Å². The third kappa shape index (κ3) is 9.18. The zero-order chi connectivity index (χ0) is 44.0. The van der Waals surface area contributed by atoms with Crippen LogP contribution >= 0.6 is 0 Å². The summed E-state index contributed by atoms with van der Waals surface area (Å²) in [5.41, 5.74) is 4.21. The van der Waals surface area contributed by atoms with Gasteiger partial charge in [-0.05, 0) is 79.8 Å². The lowest BCUT2D eigenvalue weighted by atomic mass is 10.0. The number of carbonyl (C=O) groups is 6. The summed E-state index contributed by atoms with van der Waals surface area (Å²) in [4.78, 5) is 83.7. The van der Waals surface area contributed by atoms with Crippen molar-refractivity contribution in [2.75, 3.05) is 37.9 Å². The van der Waals surface area contributed by atoms with Gasteiger partial charge >= 0.3 is 12.2 Å². The average Bonchev–Trinajstić information content (AvgIpc) is 4.16. The number of hydrogen-bond acceptors (Lipinski definition) is 8. The standard InChI is InChI=1S/C48H53N7O8/c1-62-47(60)51-41(31-15-5-3-6-16-31)45(58)53-25-11-19-37(53)43(56)49-33-21-23-35-36-24-22-34(28-40(36)55(39(35)27-33)29-30-13-9-10-14-30)50-44(57)38-20-12-26-54(38)46(59)42(52-48(61)63-2)32-17-7-4-8-18-32/h3-8,15-18,21-24,27-28,30,37-38,41-42H,9-14,19-20,25-26,29H2,1-2H3,(H,49,56)(H,50,57)(H,51,60)(H,52,61)/t37-,38-,41+,42+/m0/s1. The van der Waals surface area contributed by atoms with E-state index in [0.29, 0.717) is 67.2 Å². The van der Waals surface area contributed by atoms with Crippen LogP contribution in [0.15, 0.2) is 97.1 Å². The number of anilines is 2. The van der Waals surface area contributed by atoms with Crippen molar-refractivity contribution in [2.45, 2.75) is 82.1 Å². The van der Waals surface area contributed by atoms with Crippen LogP contribution < -0.4 is 21.3 Å². The number of aromatic nitrogens is 1. The van der Waals surface area contributed by atoms with Crippen molar-refractivity contribution in [1.82, 2.24) is 25.0 Å². The third-order valence-corrected chi connectivity index (χ3v) is 12.6. The SMILES string of the molecule is COC(=O)N[C@@H](C(=O)N1CCC[C@H]1C(=O)Nc1ccc2c3ccc(NC(=O)[C@@H]4CCCN4C(=O)[C@H](NC(=O)OC)c4ccccc4)cc3n(CC3CCCC3)c2c1)c1ccccc1. The van der Waals surface area contributed by atoms with Gasteiger partial charge in [0.05, 0.1) is 25.3 Å². The number of carbonyl (C=O) groups excluding carboxylic acids is 6. The molecule has 3 heterocycles. The van der Waals surface area contributed by atoms with E-state index in [0.717, 1.165) is 54.0 Å². The van der Waals surface area contributed by atoms with Gasteiger partial charge in [0.25, 0.3) is 11.8 Å². The maximum Gasteiger partial charge on any atom is 0.407 e. The van der Waals surface area contributed by atoms with E-state index in [4.69, 9.17) is 9.47 Å². The highest BCUT2D eigenvalue weighted by molar-refractivity contribution is 6.11. The smallest absolute Gasteiger partial charge is 0.407 e. The van der Waals surface area contributed by atoms with E-state index in [2.05, 4.69) is 25.8 Å². The largest absolute Gasteiger partial charge is 0.453 e. The molecule has 2 aliphatic heterocycles. The zero-order valence-corrected chi connectivity index (χ0v) is 35.5. The molecule has 1 aliphatic carbocycles. The normalized spacial score (nSPS) is 18.5. The van der Waals surface area contributed by atoms with Crippen molar-refractivity contribution in [3.8, 4) is 0 Å². The molecule has 2 saturated heterocycles. The van der Waals surface area contributed by atoms with Gasteiger partial charge in [-0.25, -0.2) is 9.59 Å². The van der Waals surface area contributed by atoms with Crippen molar-refractivity contribution in [1.29, 1.82) is 0 Å². The molecule has 0 spiro atoms. The monoisotopic (exact) mass is 855 g/mol. The van der Waals surface area contributed by atoms with E-state index in [1.165, 1.54) is 24.0 Å². The fourth-order valence-electron chi connectivity index (χ4n) is 9.51. The fourth-order valence-corrected chi connectivity index (χ4v) is 9.51. The first-order valence-electron chi connectivity index (χ1n) is 21.7. The van der Waals surface area contributed by atoms with Crippen molar-refractivity contribution < 1.29 is 38.2 Å². The molecule has 6 amide bonds. The minimum absolute atomic E-state index is 0.316. The van der Waals surface area contributed by atoms with Crippen LogP contribution in [0.5, 0.6) is 0 Å². The van der Waals surface area contributed by atoms with Crippen molar-refractivity contribution in [2.24, 2.45) is 5.92 Å². The van der Waals surface area contributed by atoms with Gasteiger partial charge in [0.2, 0.25) is 11.8 Å². The number of methoxy groups -OCH3 is 2. The number of fused-ring (bicyclic) bond motifs is 3. The van der Waals surface area contributed by atoms with E-state index in [9.17, 15) is 28.8 Å². The maximum absolute atomic E-state index is 14.0. The van der Waals surface area contributed by atoms with Gasteiger partial charge in [-0.1, -0.05) is 85.6 Å². The molecule has 328 valence electrons. The van der Waals surface area contributed by atoms with Gasteiger partial charge in [-0.2, -0.15) is 0 Å². The molecule has 4 aromatic carbocycles. The van der Waals surface area contributed by atoms with E-state index >= 15 is 0 Å². The Kier molecular flexibility index (Phi) is 12.9. The van der Waals surface area contributed by atoms with Crippen LogP contribution in [-0.4, -0.2) is 89.6 Å². The summed E-state index contributed by atoms with van der Waals surface area (Å²) in [6.07, 6.45) is 5.26. The van der Waals surface area contributed by atoms with E-state index < -0.39 is 48.2 Å². The molecule has 0 bridgehead atoms. The lowest BCUT2D eigenvalue weighted by Crippen LogP contribution is -2.48. The van der Waals surface area contributed by atoms with Crippen LogP contribution in [-0.2, 0) is 35.2 Å². The van der Waals surface area contributed by atoms with Gasteiger partial charge < -0.3 is 45.1 Å². The van der Waals surface area contributed by atoms with E-state index in [1.54, 1.807) is 48.5 Å². The van der Waals surface area contributed by atoms with Gasteiger partial charge in [-0.3, -0.25) is 19.2 Å². The second kappa shape index (κ2) is 19.0. The Balaban J connectivity index is 1.03. The highest BCUT2D eigenvalue weighted by atomic mass is 16.5. The Morgan fingerprint density at radius 1 is 0.571 bits per heavy atom. The van der Waals surface area contributed by atoms with Crippen LogP contribution in [0.25, 0.3) is 21.8 Å². The molecule has 0 radical (unpaired) electrons. The number of ether oxygens (including phenoxy) is 2. The second-order valence-electron chi connectivity index (χ2n) is 16.5. The molecule has 63 heavy (non-hydrogen) atoms. The Bertz CT molecular complexity index is 2340. The Morgan fingerprint density at radius 3 is 1.41 bits per heavy atom. The first kappa shape index (κ1) is 42.8. The number of benzene rings is 4. The Morgan fingerprint density at radius 2 is 1.00 bits per heavy atom. The van der Waals surface area contributed by atoms with E-state index in [1.807, 2.05) is 48.5 Å². The summed E-state index contributed by atoms with van der Waals surface area (Å²) < 4.78 is 11.9. The predicted molar refractivity (Wildman–Crippen MR) is 238 cm³/mol. The highest BCUT2D eigenvalue weighted by Crippen LogP contribution is 2.37. The number of nitrogens with one attached hydrogen (secondary N) is 4. The quantitative estimate of drug-likeness (QED) is 0.103. The lowest BCUT2D eigenvalue weighted by Gasteiger charge is -2.28. The molecule has 3 fully saturated rings. The predicted octanol–water partition coefficient (Wildman–Crippen LogP) is 7.04. The molecule has 4 atom stereocenters. The number of amides is 6. The highest BCUT2D eigenvalue weighted by Gasteiger charge is 2.40. The van der Waals surface area contributed by atoms with Crippen LogP contribution in [0, 0.1) is 5.92 Å². The number of alkyl carbamates (subject to hydrolysis) is 2. The summed E-state index contributed by atoms with van der Waals surface area (Å²) in [6, 6.07) is 25.9. The molecule has 15 nitrogen and oxygen atoms in total. The average molecular weight is 856 g/mol. The number of likely N-dealkylation sites (tertiary alicyclic amines) is 2.